The molecule has 0 atom stereocenters. The van der Waals surface area contributed by atoms with E-state index in [2.05, 4.69) is 0 Å². The summed E-state index contributed by atoms with van der Waals surface area (Å²) in [6.45, 7) is 0.263. The Hall–Kier alpha value is -3.59. The van der Waals surface area contributed by atoms with Gasteiger partial charge in [-0.05, 0) is 42.3 Å². The van der Waals surface area contributed by atoms with Crippen molar-refractivity contribution in [3.05, 3.63) is 70.5 Å². The van der Waals surface area contributed by atoms with Crippen molar-refractivity contribution >= 4 is 23.7 Å². The van der Waals surface area contributed by atoms with Crippen LogP contribution >= 0.6 is 0 Å². The molecule has 0 unspecified atom stereocenters. The topological polar surface area (TPSA) is 93.2 Å². The summed E-state index contributed by atoms with van der Waals surface area (Å²) in [6, 6.07) is 9.93. The third-order valence-corrected chi connectivity index (χ3v) is 5.00. The molecule has 1 aliphatic rings. The zero-order chi connectivity index (χ0) is 23.3. The normalized spacial score (nSPS) is 12.7. The highest BCUT2D eigenvalue weighted by molar-refractivity contribution is 6.22. The first-order chi connectivity index (χ1) is 15.3. The van der Waals surface area contributed by atoms with E-state index in [0.29, 0.717) is 18.6 Å². The number of rotatable bonds is 9. The van der Waals surface area contributed by atoms with Crippen LogP contribution in [0.5, 0.6) is 0 Å². The van der Waals surface area contributed by atoms with E-state index in [4.69, 9.17) is 9.47 Å². The van der Waals surface area contributed by atoms with Crippen LogP contribution < -0.4 is 0 Å². The van der Waals surface area contributed by atoms with Crippen molar-refractivity contribution in [2.45, 2.75) is 13.0 Å². The van der Waals surface area contributed by atoms with Gasteiger partial charge >= 0.3 is 5.97 Å². The molecule has 0 saturated heterocycles. The molecule has 8 nitrogen and oxygen atoms in total. The number of benzene rings is 2. The van der Waals surface area contributed by atoms with Gasteiger partial charge in [-0.3, -0.25) is 19.3 Å². The number of carbonyl (C=O) groups is 4. The highest BCUT2D eigenvalue weighted by Gasteiger charge is 2.35. The van der Waals surface area contributed by atoms with Crippen molar-refractivity contribution < 1.29 is 33.0 Å². The van der Waals surface area contributed by atoms with Gasteiger partial charge in [0.05, 0.1) is 16.7 Å². The number of hydrogen-bond acceptors (Lipinski definition) is 6. The number of hydrogen-bond donors (Lipinski definition) is 0. The standard InChI is InChI=1S/C23H23FN2O6/c1-25(13-15-5-3-6-17(24)11-15)20(27)14-32-23(30)16-7-8-18-19(12-16)22(29)26(21(18)28)9-4-10-31-2/h3,5-8,11-12H,4,9-10,13-14H2,1-2H3. The van der Waals surface area contributed by atoms with Gasteiger partial charge in [-0.2, -0.15) is 0 Å². The summed E-state index contributed by atoms with van der Waals surface area (Å²) in [6.07, 6.45) is 0.502. The quantitative estimate of drug-likeness (QED) is 0.336. The number of likely N-dealkylation sites (N-methyl/N-ethyl adjacent to an activating group) is 1. The Morgan fingerprint density at radius 3 is 2.53 bits per heavy atom. The highest BCUT2D eigenvalue weighted by Crippen LogP contribution is 2.24. The van der Waals surface area contributed by atoms with E-state index in [1.54, 1.807) is 12.1 Å². The highest BCUT2D eigenvalue weighted by atomic mass is 19.1. The smallest absolute Gasteiger partial charge is 0.338 e. The average molecular weight is 442 g/mol. The zero-order valence-electron chi connectivity index (χ0n) is 17.8. The molecule has 2 aromatic carbocycles. The van der Waals surface area contributed by atoms with Gasteiger partial charge in [0.1, 0.15) is 5.82 Å². The lowest BCUT2D eigenvalue weighted by Crippen LogP contribution is -2.31. The number of esters is 1. The number of nitrogens with zero attached hydrogens (tertiary/aromatic N) is 2. The molecule has 0 fully saturated rings. The summed E-state index contributed by atoms with van der Waals surface area (Å²) >= 11 is 0. The van der Waals surface area contributed by atoms with Crippen LogP contribution in [0.1, 0.15) is 43.1 Å². The molecule has 168 valence electrons. The Morgan fingerprint density at radius 1 is 1.06 bits per heavy atom. The minimum absolute atomic E-state index is 0.0595. The van der Waals surface area contributed by atoms with Gasteiger partial charge in [0.15, 0.2) is 6.61 Å². The molecular formula is C23H23FN2O6. The number of imide groups is 1. The molecule has 3 amide bonds. The number of amides is 3. The number of ether oxygens (including phenoxy) is 2. The van der Waals surface area contributed by atoms with Gasteiger partial charge in [0.2, 0.25) is 0 Å². The van der Waals surface area contributed by atoms with Gasteiger partial charge in [-0.1, -0.05) is 12.1 Å². The zero-order valence-corrected chi connectivity index (χ0v) is 17.8. The molecule has 0 bridgehead atoms. The largest absolute Gasteiger partial charge is 0.452 e. The van der Waals surface area contributed by atoms with Crippen molar-refractivity contribution in [1.29, 1.82) is 0 Å². The van der Waals surface area contributed by atoms with Crippen molar-refractivity contribution in [3.63, 3.8) is 0 Å². The predicted molar refractivity (Wildman–Crippen MR) is 111 cm³/mol. The van der Waals surface area contributed by atoms with Gasteiger partial charge < -0.3 is 14.4 Å². The molecule has 0 saturated carbocycles. The first-order valence-electron chi connectivity index (χ1n) is 9.96. The molecular weight excluding hydrogens is 419 g/mol. The molecule has 0 aromatic heterocycles. The average Bonchev–Trinajstić information content (AvgIpc) is 3.01. The van der Waals surface area contributed by atoms with Crippen LogP contribution in [-0.4, -0.2) is 67.4 Å². The lowest BCUT2D eigenvalue weighted by Gasteiger charge is -2.17. The Labute approximate surface area is 184 Å². The molecule has 32 heavy (non-hydrogen) atoms. The number of carbonyl (C=O) groups excluding carboxylic acids is 4. The van der Waals surface area contributed by atoms with E-state index in [1.807, 2.05) is 0 Å². The van der Waals surface area contributed by atoms with Crippen LogP contribution in [0.15, 0.2) is 42.5 Å². The predicted octanol–water partition coefficient (Wildman–Crippen LogP) is 2.27. The van der Waals surface area contributed by atoms with Crippen LogP contribution in [0.2, 0.25) is 0 Å². The van der Waals surface area contributed by atoms with Gasteiger partial charge in [0.25, 0.3) is 17.7 Å². The fraction of sp³-hybridized carbons (Fsp3) is 0.304. The van der Waals surface area contributed by atoms with Crippen LogP contribution in [0.3, 0.4) is 0 Å². The summed E-state index contributed by atoms with van der Waals surface area (Å²) in [5.74, 6) is -2.58. The molecule has 1 heterocycles. The number of fused-ring (bicyclic) bond motifs is 1. The van der Waals surface area contributed by atoms with Crippen molar-refractivity contribution in [3.8, 4) is 0 Å². The molecule has 2 aromatic rings. The lowest BCUT2D eigenvalue weighted by molar-refractivity contribution is -0.133. The number of halogens is 1. The molecule has 3 rings (SSSR count). The number of methoxy groups -OCH3 is 1. The van der Waals surface area contributed by atoms with Crippen LogP contribution in [-0.2, 0) is 20.8 Å². The third-order valence-electron chi connectivity index (χ3n) is 5.00. The monoisotopic (exact) mass is 442 g/mol. The molecule has 9 heteroatoms. The minimum atomic E-state index is -0.793. The van der Waals surface area contributed by atoms with Gasteiger partial charge in [-0.15, -0.1) is 0 Å². The van der Waals surface area contributed by atoms with Crippen LogP contribution in [0.25, 0.3) is 0 Å². The van der Waals surface area contributed by atoms with Gasteiger partial charge in [0, 0.05) is 33.9 Å². The summed E-state index contributed by atoms with van der Waals surface area (Å²) in [5.41, 5.74) is 1.000. The SMILES string of the molecule is COCCCN1C(=O)c2ccc(C(=O)OCC(=O)N(C)Cc3cccc(F)c3)cc2C1=O. The fourth-order valence-corrected chi connectivity index (χ4v) is 3.31. The van der Waals surface area contributed by atoms with E-state index in [0.717, 1.165) is 4.90 Å². The van der Waals surface area contributed by atoms with E-state index < -0.39 is 36.1 Å². The Kier molecular flexibility index (Phi) is 7.32. The molecule has 1 aliphatic heterocycles. The maximum atomic E-state index is 13.3. The van der Waals surface area contributed by atoms with E-state index in [-0.39, 0.29) is 29.8 Å². The van der Waals surface area contributed by atoms with E-state index in [9.17, 15) is 23.6 Å². The first kappa shape index (κ1) is 23.1. The van der Waals surface area contributed by atoms with Crippen LogP contribution in [0, 0.1) is 5.82 Å². The second-order valence-electron chi connectivity index (χ2n) is 7.32. The second-order valence-corrected chi connectivity index (χ2v) is 7.32. The summed E-state index contributed by atoms with van der Waals surface area (Å²) in [4.78, 5) is 52.0. The summed E-state index contributed by atoms with van der Waals surface area (Å²) in [7, 11) is 3.04. The maximum absolute atomic E-state index is 13.3. The second kappa shape index (κ2) is 10.1. The third kappa shape index (κ3) is 5.17. The van der Waals surface area contributed by atoms with Crippen molar-refractivity contribution in [1.82, 2.24) is 9.80 Å². The minimum Gasteiger partial charge on any atom is -0.452 e. The molecule has 0 radical (unpaired) electrons. The van der Waals surface area contributed by atoms with Crippen molar-refractivity contribution in [2.24, 2.45) is 0 Å². The van der Waals surface area contributed by atoms with Crippen molar-refractivity contribution in [2.75, 3.05) is 33.9 Å². The Bertz CT molecular complexity index is 1050. The maximum Gasteiger partial charge on any atom is 0.338 e. The first-order valence-corrected chi connectivity index (χ1v) is 9.96. The molecule has 0 N–H and O–H groups in total. The lowest BCUT2D eigenvalue weighted by atomic mass is 10.1. The van der Waals surface area contributed by atoms with Crippen LogP contribution in [0.4, 0.5) is 4.39 Å². The molecule has 0 aliphatic carbocycles. The molecule has 0 spiro atoms. The Balaban J connectivity index is 1.59. The van der Waals surface area contributed by atoms with E-state index in [1.165, 1.54) is 49.4 Å². The fourth-order valence-electron chi connectivity index (χ4n) is 3.31. The summed E-state index contributed by atoms with van der Waals surface area (Å²) in [5, 5.41) is 0. The summed E-state index contributed by atoms with van der Waals surface area (Å²) < 4.78 is 23.3. The van der Waals surface area contributed by atoms with E-state index >= 15 is 0 Å². The Morgan fingerprint density at radius 2 is 1.81 bits per heavy atom. The van der Waals surface area contributed by atoms with Gasteiger partial charge in [-0.25, -0.2) is 9.18 Å².